The molecule has 3 nitrogen and oxygen atoms in total. The number of nitrogens with zero attached hydrogens (tertiary/aromatic N) is 2. The van der Waals surface area contributed by atoms with Gasteiger partial charge in [-0.3, -0.25) is 9.78 Å². The van der Waals surface area contributed by atoms with Gasteiger partial charge in [-0.1, -0.05) is 6.07 Å². The Bertz CT molecular complexity index is 568. The van der Waals surface area contributed by atoms with E-state index in [-0.39, 0.29) is 5.91 Å². The molecule has 1 atom stereocenters. The minimum absolute atomic E-state index is 0.196. The summed E-state index contributed by atoms with van der Waals surface area (Å²) >= 11 is 1.59. The molecule has 21 heavy (non-hydrogen) atoms. The van der Waals surface area contributed by atoms with Gasteiger partial charge < -0.3 is 4.90 Å². The Morgan fingerprint density at radius 3 is 3.05 bits per heavy atom. The summed E-state index contributed by atoms with van der Waals surface area (Å²) < 4.78 is 0. The van der Waals surface area contributed by atoms with Gasteiger partial charge in [-0.2, -0.15) is 11.3 Å². The summed E-state index contributed by atoms with van der Waals surface area (Å²) in [6.07, 6.45) is 7.25. The van der Waals surface area contributed by atoms with Gasteiger partial charge in [0.1, 0.15) is 0 Å². The molecule has 0 spiro atoms. The van der Waals surface area contributed by atoms with Crippen molar-refractivity contribution in [3.63, 3.8) is 0 Å². The average Bonchev–Trinajstić information content (AvgIpc) is 3.08. The van der Waals surface area contributed by atoms with Crippen molar-refractivity contribution < 1.29 is 4.79 Å². The zero-order valence-corrected chi connectivity index (χ0v) is 12.9. The number of thiophene rings is 1. The molecule has 1 aliphatic heterocycles. The molecule has 0 N–H and O–H groups in total. The van der Waals surface area contributed by atoms with E-state index >= 15 is 0 Å². The van der Waals surface area contributed by atoms with Crippen molar-refractivity contribution in [1.82, 2.24) is 9.88 Å². The molecule has 1 amide bonds. The van der Waals surface area contributed by atoms with Crippen LogP contribution in [0.1, 0.15) is 41.7 Å². The standard InChI is InChI=1S/C17H20N2OS/c20-17(14-9-12-21-13-14)19-11-4-2-6-16(19)8-7-15-5-1-3-10-18-15/h1,3,5,9-10,12-13,16H,2,4,6-8,11H2/t16-/m1/s1. The van der Waals surface area contributed by atoms with Gasteiger partial charge in [0.2, 0.25) is 0 Å². The molecule has 0 aromatic carbocycles. The lowest BCUT2D eigenvalue weighted by atomic mass is 9.96. The normalized spacial score (nSPS) is 18.7. The second-order valence-corrected chi connectivity index (χ2v) is 6.30. The highest BCUT2D eigenvalue weighted by molar-refractivity contribution is 7.08. The number of likely N-dealkylation sites (tertiary alicyclic amines) is 1. The summed E-state index contributed by atoms with van der Waals surface area (Å²) in [4.78, 5) is 19.1. The maximum absolute atomic E-state index is 12.6. The molecule has 1 aliphatic rings. The van der Waals surface area contributed by atoms with Crippen LogP contribution in [0, 0.1) is 0 Å². The largest absolute Gasteiger partial charge is 0.336 e. The maximum atomic E-state index is 12.6. The molecule has 3 heterocycles. The highest BCUT2D eigenvalue weighted by atomic mass is 32.1. The van der Waals surface area contributed by atoms with Crippen LogP contribution in [0.15, 0.2) is 41.2 Å². The average molecular weight is 300 g/mol. The van der Waals surface area contributed by atoms with Crippen molar-refractivity contribution >= 4 is 17.2 Å². The highest BCUT2D eigenvalue weighted by Crippen LogP contribution is 2.23. The molecule has 4 heteroatoms. The van der Waals surface area contributed by atoms with Gasteiger partial charge in [-0.05, 0) is 55.7 Å². The summed E-state index contributed by atoms with van der Waals surface area (Å²) in [5, 5.41) is 3.92. The summed E-state index contributed by atoms with van der Waals surface area (Å²) in [6.45, 7) is 0.890. The predicted molar refractivity (Wildman–Crippen MR) is 85.6 cm³/mol. The van der Waals surface area contributed by atoms with Crippen molar-refractivity contribution in [3.05, 3.63) is 52.5 Å². The third kappa shape index (κ3) is 3.50. The number of hydrogen-bond acceptors (Lipinski definition) is 3. The van der Waals surface area contributed by atoms with Crippen molar-refractivity contribution in [2.45, 2.75) is 38.1 Å². The van der Waals surface area contributed by atoms with Gasteiger partial charge in [0.05, 0.1) is 5.56 Å². The van der Waals surface area contributed by atoms with Gasteiger partial charge in [0.15, 0.2) is 0 Å². The Labute approximate surface area is 129 Å². The van der Waals surface area contributed by atoms with Crippen LogP contribution >= 0.6 is 11.3 Å². The number of amides is 1. The molecule has 1 fully saturated rings. The second-order valence-electron chi connectivity index (χ2n) is 5.52. The van der Waals surface area contributed by atoms with E-state index in [0.29, 0.717) is 6.04 Å². The number of rotatable bonds is 4. The minimum Gasteiger partial charge on any atom is -0.336 e. The van der Waals surface area contributed by atoms with Crippen LogP contribution in [0.3, 0.4) is 0 Å². The Kier molecular flexibility index (Phi) is 4.65. The van der Waals surface area contributed by atoms with Crippen LogP contribution < -0.4 is 0 Å². The SMILES string of the molecule is O=C(c1ccsc1)N1CCCC[C@@H]1CCc1ccccn1. The lowest BCUT2D eigenvalue weighted by Crippen LogP contribution is -2.43. The van der Waals surface area contributed by atoms with Crippen LogP contribution in [0.5, 0.6) is 0 Å². The van der Waals surface area contributed by atoms with E-state index in [2.05, 4.69) is 16.0 Å². The molecule has 0 radical (unpaired) electrons. The number of aromatic nitrogens is 1. The van der Waals surface area contributed by atoms with Crippen LogP contribution in [0.25, 0.3) is 0 Å². The maximum Gasteiger partial charge on any atom is 0.254 e. The Morgan fingerprint density at radius 1 is 1.33 bits per heavy atom. The molecule has 0 aliphatic carbocycles. The number of carbonyl (C=O) groups is 1. The van der Waals surface area contributed by atoms with Crippen molar-refractivity contribution in [2.24, 2.45) is 0 Å². The zero-order valence-electron chi connectivity index (χ0n) is 12.1. The van der Waals surface area contributed by atoms with Crippen molar-refractivity contribution in [3.8, 4) is 0 Å². The molecule has 110 valence electrons. The molecular formula is C17H20N2OS. The Hall–Kier alpha value is -1.68. The van der Waals surface area contributed by atoms with E-state index in [9.17, 15) is 4.79 Å². The van der Waals surface area contributed by atoms with Crippen LogP contribution in [0.2, 0.25) is 0 Å². The first-order chi connectivity index (χ1) is 10.3. The van der Waals surface area contributed by atoms with Crippen molar-refractivity contribution in [2.75, 3.05) is 6.54 Å². The third-order valence-electron chi connectivity index (χ3n) is 4.12. The van der Waals surface area contributed by atoms with Crippen LogP contribution in [0.4, 0.5) is 0 Å². The molecule has 2 aromatic rings. The van der Waals surface area contributed by atoms with Gasteiger partial charge in [0.25, 0.3) is 5.91 Å². The van der Waals surface area contributed by atoms with E-state index in [1.165, 1.54) is 6.42 Å². The van der Waals surface area contributed by atoms with E-state index in [4.69, 9.17) is 0 Å². The molecule has 0 saturated carbocycles. The highest BCUT2D eigenvalue weighted by Gasteiger charge is 2.27. The summed E-state index contributed by atoms with van der Waals surface area (Å²) in [7, 11) is 0. The van der Waals surface area contributed by atoms with Gasteiger partial charge in [-0.25, -0.2) is 0 Å². The predicted octanol–water partition coefficient (Wildman–Crippen LogP) is 3.77. The Morgan fingerprint density at radius 2 is 2.29 bits per heavy atom. The lowest BCUT2D eigenvalue weighted by Gasteiger charge is -2.35. The smallest absolute Gasteiger partial charge is 0.254 e. The fourth-order valence-corrected chi connectivity index (χ4v) is 3.61. The number of pyridine rings is 1. The molecule has 1 saturated heterocycles. The fourth-order valence-electron chi connectivity index (χ4n) is 2.98. The lowest BCUT2D eigenvalue weighted by molar-refractivity contribution is 0.0602. The number of aryl methyl sites for hydroxylation is 1. The number of hydrogen-bond donors (Lipinski definition) is 0. The molecule has 0 unspecified atom stereocenters. The first-order valence-corrected chi connectivity index (χ1v) is 8.52. The van der Waals surface area contributed by atoms with Crippen molar-refractivity contribution in [1.29, 1.82) is 0 Å². The Balaban J connectivity index is 1.65. The fraction of sp³-hybridized carbons (Fsp3) is 0.412. The first kappa shape index (κ1) is 14.3. The topological polar surface area (TPSA) is 33.2 Å². The number of piperidine rings is 1. The van der Waals surface area contributed by atoms with Gasteiger partial charge in [-0.15, -0.1) is 0 Å². The number of carbonyl (C=O) groups excluding carboxylic acids is 1. The van der Waals surface area contributed by atoms with Crippen LogP contribution in [-0.2, 0) is 6.42 Å². The molecule has 0 bridgehead atoms. The van der Waals surface area contributed by atoms with E-state index in [0.717, 1.165) is 43.5 Å². The van der Waals surface area contributed by atoms with E-state index in [1.807, 2.05) is 35.2 Å². The quantitative estimate of drug-likeness (QED) is 0.861. The summed E-state index contributed by atoms with van der Waals surface area (Å²) in [5.41, 5.74) is 1.95. The van der Waals surface area contributed by atoms with Crippen LogP contribution in [-0.4, -0.2) is 28.4 Å². The summed E-state index contributed by atoms with van der Waals surface area (Å²) in [6, 6.07) is 8.31. The van der Waals surface area contributed by atoms with Gasteiger partial charge in [0, 0.05) is 29.9 Å². The van der Waals surface area contributed by atoms with Gasteiger partial charge >= 0.3 is 0 Å². The monoisotopic (exact) mass is 300 g/mol. The molecule has 3 rings (SSSR count). The third-order valence-corrected chi connectivity index (χ3v) is 4.80. The zero-order chi connectivity index (χ0) is 14.5. The second kappa shape index (κ2) is 6.85. The summed E-state index contributed by atoms with van der Waals surface area (Å²) in [5.74, 6) is 0.196. The van der Waals surface area contributed by atoms with E-state index in [1.54, 1.807) is 11.3 Å². The minimum atomic E-state index is 0.196. The van der Waals surface area contributed by atoms with E-state index < -0.39 is 0 Å². The molecular weight excluding hydrogens is 280 g/mol. The first-order valence-electron chi connectivity index (χ1n) is 7.57. The molecule has 2 aromatic heterocycles.